The van der Waals surface area contributed by atoms with Gasteiger partial charge >= 0.3 is 0 Å². The van der Waals surface area contributed by atoms with Crippen molar-refractivity contribution in [3.8, 4) is 0 Å². The maximum Gasteiger partial charge on any atom is 0.292 e. The Labute approximate surface area is 148 Å². The van der Waals surface area contributed by atoms with Gasteiger partial charge < -0.3 is 10.2 Å². The Balaban J connectivity index is 1.74. The highest BCUT2D eigenvalue weighted by Gasteiger charge is 2.23. The van der Waals surface area contributed by atoms with Crippen molar-refractivity contribution < 1.29 is 4.92 Å². The summed E-state index contributed by atoms with van der Waals surface area (Å²) in [6, 6.07) is 13.7. The zero-order chi connectivity index (χ0) is 17.8. The van der Waals surface area contributed by atoms with Crippen LogP contribution in [-0.2, 0) is 6.54 Å². The summed E-state index contributed by atoms with van der Waals surface area (Å²) >= 11 is 0. The highest BCUT2D eigenvalue weighted by atomic mass is 16.6. The number of benzene rings is 2. The summed E-state index contributed by atoms with van der Waals surface area (Å²) in [5.74, 6) is 0.702. The van der Waals surface area contributed by atoms with Crippen molar-refractivity contribution in [1.82, 2.24) is 0 Å². The van der Waals surface area contributed by atoms with Crippen LogP contribution < -0.4 is 10.2 Å². The smallest absolute Gasteiger partial charge is 0.292 e. The maximum atomic E-state index is 11.6. The topological polar surface area (TPSA) is 58.4 Å². The van der Waals surface area contributed by atoms with E-state index in [1.165, 1.54) is 5.56 Å². The lowest BCUT2D eigenvalue weighted by Gasteiger charge is -2.31. The number of nitrogens with zero attached hydrogens (tertiary/aromatic N) is 2. The van der Waals surface area contributed by atoms with E-state index in [0.29, 0.717) is 12.5 Å². The Hall–Kier alpha value is -2.56. The van der Waals surface area contributed by atoms with Crippen LogP contribution in [-0.4, -0.2) is 18.0 Å². The summed E-state index contributed by atoms with van der Waals surface area (Å²) in [6.45, 7) is 6.64. The van der Waals surface area contributed by atoms with Gasteiger partial charge in [-0.1, -0.05) is 30.7 Å². The summed E-state index contributed by atoms with van der Waals surface area (Å²) < 4.78 is 0. The molecule has 0 spiro atoms. The summed E-state index contributed by atoms with van der Waals surface area (Å²) in [6.07, 6.45) is 2.18. The third-order valence-corrected chi connectivity index (χ3v) is 4.91. The Morgan fingerprint density at radius 1 is 1.16 bits per heavy atom. The Kier molecular flexibility index (Phi) is 5.22. The third-order valence-electron chi connectivity index (χ3n) is 4.91. The van der Waals surface area contributed by atoms with Crippen molar-refractivity contribution in [3.63, 3.8) is 0 Å². The quantitative estimate of drug-likeness (QED) is 0.631. The normalized spacial score (nSPS) is 15.2. The second-order valence-electron chi connectivity index (χ2n) is 6.97. The predicted molar refractivity (Wildman–Crippen MR) is 102 cm³/mol. The SMILES string of the molecule is Cc1ccc(NCc2ccc(N3CCC(C)CC3)c([N+](=O)[O-])c2)cc1. The summed E-state index contributed by atoms with van der Waals surface area (Å²) in [5, 5.41) is 14.9. The molecule has 0 unspecified atom stereocenters. The molecule has 5 heteroatoms. The second kappa shape index (κ2) is 7.55. The molecule has 25 heavy (non-hydrogen) atoms. The van der Waals surface area contributed by atoms with Gasteiger partial charge in [0.15, 0.2) is 0 Å². The van der Waals surface area contributed by atoms with Gasteiger partial charge in [0, 0.05) is 31.4 Å². The lowest BCUT2D eigenvalue weighted by molar-refractivity contribution is -0.384. The first kappa shape index (κ1) is 17.3. The first-order chi connectivity index (χ1) is 12.0. The van der Waals surface area contributed by atoms with Gasteiger partial charge in [0.25, 0.3) is 5.69 Å². The number of hydrogen-bond donors (Lipinski definition) is 1. The van der Waals surface area contributed by atoms with Crippen LogP contribution in [0.25, 0.3) is 0 Å². The number of nitro groups is 1. The molecule has 1 fully saturated rings. The molecular weight excluding hydrogens is 314 g/mol. The fourth-order valence-electron chi connectivity index (χ4n) is 3.22. The Bertz CT molecular complexity index is 735. The van der Waals surface area contributed by atoms with Crippen molar-refractivity contribution in [2.45, 2.75) is 33.2 Å². The van der Waals surface area contributed by atoms with Crippen molar-refractivity contribution in [1.29, 1.82) is 0 Å². The number of nitro benzene ring substituents is 1. The standard InChI is InChI=1S/C20H25N3O2/c1-15-3-6-18(7-4-15)21-14-17-5-8-19(20(13-17)23(24)25)22-11-9-16(2)10-12-22/h3-8,13,16,21H,9-12,14H2,1-2H3. The number of nitrogens with one attached hydrogen (secondary N) is 1. The minimum Gasteiger partial charge on any atom is -0.381 e. The van der Waals surface area contributed by atoms with Gasteiger partial charge in [-0.05, 0) is 49.4 Å². The fourth-order valence-corrected chi connectivity index (χ4v) is 3.22. The molecule has 2 aromatic carbocycles. The van der Waals surface area contributed by atoms with E-state index < -0.39 is 0 Å². The molecule has 1 heterocycles. The van der Waals surface area contributed by atoms with Gasteiger partial charge in [-0.15, -0.1) is 0 Å². The molecule has 0 radical (unpaired) electrons. The molecule has 132 valence electrons. The van der Waals surface area contributed by atoms with Crippen LogP contribution in [0.4, 0.5) is 17.1 Å². The number of hydrogen-bond acceptors (Lipinski definition) is 4. The number of piperidine rings is 1. The molecule has 5 nitrogen and oxygen atoms in total. The van der Waals surface area contributed by atoms with Gasteiger partial charge in [-0.2, -0.15) is 0 Å². The van der Waals surface area contributed by atoms with E-state index >= 15 is 0 Å². The molecule has 0 amide bonds. The molecule has 1 aliphatic heterocycles. The van der Waals surface area contributed by atoms with Crippen LogP contribution in [0.1, 0.15) is 30.9 Å². The van der Waals surface area contributed by atoms with Crippen LogP contribution in [0, 0.1) is 23.0 Å². The fraction of sp³-hybridized carbons (Fsp3) is 0.400. The number of anilines is 2. The summed E-state index contributed by atoms with van der Waals surface area (Å²) in [4.78, 5) is 13.4. The first-order valence-corrected chi connectivity index (χ1v) is 8.86. The minimum atomic E-state index is -0.261. The largest absolute Gasteiger partial charge is 0.381 e. The minimum absolute atomic E-state index is 0.206. The van der Waals surface area contributed by atoms with Gasteiger partial charge in [-0.25, -0.2) is 0 Å². The van der Waals surface area contributed by atoms with E-state index in [2.05, 4.69) is 17.1 Å². The Morgan fingerprint density at radius 3 is 2.48 bits per heavy atom. The molecule has 0 atom stereocenters. The molecule has 1 saturated heterocycles. The van der Waals surface area contributed by atoms with E-state index in [1.54, 1.807) is 6.07 Å². The molecule has 1 N–H and O–H groups in total. The molecule has 0 aliphatic carbocycles. The zero-order valence-corrected chi connectivity index (χ0v) is 14.9. The number of rotatable bonds is 5. The average Bonchev–Trinajstić information content (AvgIpc) is 2.62. The number of aryl methyl sites for hydroxylation is 1. The highest BCUT2D eigenvalue weighted by molar-refractivity contribution is 5.65. The molecule has 0 saturated carbocycles. The Morgan fingerprint density at radius 2 is 1.84 bits per heavy atom. The molecule has 0 aromatic heterocycles. The first-order valence-electron chi connectivity index (χ1n) is 8.86. The summed E-state index contributed by atoms with van der Waals surface area (Å²) in [5.41, 5.74) is 4.10. The second-order valence-corrected chi connectivity index (χ2v) is 6.97. The van der Waals surface area contributed by atoms with Crippen LogP contribution in [0.3, 0.4) is 0 Å². The van der Waals surface area contributed by atoms with Gasteiger partial charge in [0.2, 0.25) is 0 Å². The van der Waals surface area contributed by atoms with Crippen LogP contribution >= 0.6 is 0 Å². The van der Waals surface area contributed by atoms with E-state index in [0.717, 1.165) is 42.9 Å². The molecule has 0 bridgehead atoms. The van der Waals surface area contributed by atoms with Crippen molar-refractivity contribution in [2.75, 3.05) is 23.3 Å². The van der Waals surface area contributed by atoms with E-state index in [4.69, 9.17) is 0 Å². The highest BCUT2D eigenvalue weighted by Crippen LogP contribution is 2.32. The van der Waals surface area contributed by atoms with Crippen molar-refractivity contribution in [3.05, 3.63) is 63.7 Å². The van der Waals surface area contributed by atoms with Gasteiger partial charge in [-0.3, -0.25) is 10.1 Å². The molecule has 2 aromatic rings. The average molecular weight is 339 g/mol. The van der Waals surface area contributed by atoms with Crippen molar-refractivity contribution in [2.24, 2.45) is 5.92 Å². The molecular formula is C20H25N3O2. The lowest BCUT2D eigenvalue weighted by atomic mass is 9.98. The van der Waals surface area contributed by atoms with E-state index in [-0.39, 0.29) is 10.6 Å². The van der Waals surface area contributed by atoms with Crippen molar-refractivity contribution >= 4 is 17.1 Å². The third kappa shape index (κ3) is 4.29. The van der Waals surface area contributed by atoms with Crippen LogP contribution in [0.15, 0.2) is 42.5 Å². The van der Waals surface area contributed by atoms with E-state index in [1.807, 2.05) is 43.3 Å². The van der Waals surface area contributed by atoms with Crippen LogP contribution in [0.2, 0.25) is 0 Å². The summed E-state index contributed by atoms with van der Waals surface area (Å²) in [7, 11) is 0. The lowest BCUT2D eigenvalue weighted by Crippen LogP contribution is -2.33. The maximum absolute atomic E-state index is 11.6. The van der Waals surface area contributed by atoms with Gasteiger partial charge in [0.1, 0.15) is 5.69 Å². The molecule has 1 aliphatic rings. The molecule has 3 rings (SSSR count). The van der Waals surface area contributed by atoms with Crippen LogP contribution in [0.5, 0.6) is 0 Å². The van der Waals surface area contributed by atoms with Gasteiger partial charge in [0.05, 0.1) is 4.92 Å². The van der Waals surface area contributed by atoms with E-state index in [9.17, 15) is 10.1 Å². The zero-order valence-electron chi connectivity index (χ0n) is 14.9. The monoisotopic (exact) mass is 339 g/mol. The predicted octanol–water partition coefficient (Wildman–Crippen LogP) is 4.75.